The Hall–Kier alpha value is -0.780. The number of nitrogens with one attached hydrogen (secondary N) is 1. The van der Waals surface area contributed by atoms with Gasteiger partial charge in [-0.1, -0.05) is 6.07 Å². The molecule has 19 heavy (non-hydrogen) atoms. The van der Waals surface area contributed by atoms with Gasteiger partial charge in [-0.25, -0.2) is 4.39 Å². The number of hydrogen-bond acceptors (Lipinski definition) is 4. The van der Waals surface area contributed by atoms with Crippen molar-refractivity contribution in [1.82, 2.24) is 5.32 Å². The third-order valence-corrected chi connectivity index (χ3v) is 4.73. The first-order chi connectivity index (χ1) is 9.04. The first-order valence-corrected chi connectivity index (χ1v) is 7.56. The maximum atomic E-state index is 13.9. The van der Waals surface area contributed by atoms with Gasteiger partial charge in [-0.15, -0.1) is 0 Å². The second kappa shape index (κ2) is 6.11. The Morgan fingerprint density at radius 1 is 1.58 bits per heavy atom. The van der Waals surface area contributed by atoms with E-state index in [1.807, 2.05) is 6.92 Å². The zero-order chi connectivity index (χ0) is 13.9. The van der Waals surface area contributed by atoms with Crippen LogP contribution >= 0.6 is 11.8 Å². The quantitative estimate of drug-likeness (QED) is 0.871. The molecule has 1 saturated heterocycles. The van der Waals surface area contributed by atoms with Crippen molar-refractivity contribution < 1.29 is 14.2 Å². The molecule has 1 aromatic carbocycles. The van der Waals surface area contributed by atoms with Crippen molar-refractivity contribution in [2.45, 2.75) is 25.0 Å². The number of aliphatic hydroxyl groups is 1. The Kier molecular flexibility index (Phi) is 4.71. The Morgan fingerprint density at radius 2 is 2.37 bits per heavy atom. The largest absolute Gasteiger partial charge is 0.497 e. The van der Waals surface area contributed by atoms with Crippen LogP contribution in [-0.2, 0) is 0 Å². The van der Waals surface area contributed by atoms with E-state index in [2.05, 4.69) is 5.32 Å². The van der Waals surface area contributed by atoms with Crippen LogP contribution in [0.25, 0.3) is 0 Å². The van der Waals surface area contributed by atoms with E-state index >= 15 is 0 Å². The first-order valence-electron chi connectivity index (χ1n) is 6.41. The molecule has 1 aliphatic rings. The van der Waals surface area contributed by atoms with E-state index in [0.717, 1.165) is 17.9 Å². The third kappa shape index (κ3) is 3.61. The lowest BCUT2D eigenvalue weighted by Gasteiger charge is -2.25. The highest BCUT2D eigenvalue weighted by atomic mass is 32.2. The molecule has 5 heteroatoms. The van der Waals surface area contributed by atoms with Crippen LogP contribution in [0, 0.1) is 5.82 Å². The maximum Gasteiger partial charge on any atom is 0.131 e. The molecule has 0 radical (unpaired) electrons. The fraction of sp³-hybridized carbons (Fsp3) is 0.571. The van der Waals surface area contributed by atoms with Gasteiger partial charge in [-0.3, -0.25) is 0 Å². The second-order valence-corrected chi connectivity index (χ2v) is 6.12. The predicted molar refractivity (Wildman–Crippen MR) is 76.3 cm³/mol. The molecular weight excluding hydrogens is 265 g/mol. The summed E-state index contributed by atoms with van der Waals surface area (Å²) in [6, 6.07) is 4.71. The number of thioether (sulfide) groups is 1. The van der Waals surface area contributed by atoms with Crippen LogP contribution in [0.15, 0.2) is 18.2 Å². The summed E-state index contributed by atoms with van der Waals surface area (Å²) in [5.74, 6) is 1.97. The van der Waals surface area contributed by atoms with Gasteiger partial charge in [-0.2, -0.15) is 11.8 Å². The molecule has 2 rings (SSSR count). The van der Waals surface area contributed by atoms with Gasteiger partial charge in [0.05, 0.1) is 12.7 Å². The van der Waals surface area contributed by atoms with Crippen LogP contribution in [-0.4, -0.2) is 35.9 Å². The molecule has 1 fully saturated rings. The Labute approximate surface area is 117 Å². The Bertz CT molecular complexity index is 435. The molecule has 106 valence electrons. The SMILES string of the molecule is COc1ccc(C(C)NCC2(O)CCSC2)c(F)c1. The van der Waals surface area contributed by atoms with Gasteiger partial charge in [-0.05, 0) is 25.2 Å². The summed E-state index contributed by atoms with van der Waals surface area (Å²) >= 11 is 1.76. The van der Waals surface area contributed by atoms with E-state index in [1.54, 1.807) is 23.9 Å². The fourth-order valence-corrected chi connectivity index (χ4v) is 3.47. The van der Waals surface area contributed by atoms with Gasteiger partial charge in [0.15, 0.2) is 0 Å². The van der Waals surface area contributed by atoms with E-state index in [4.69, 9.17) is 4.74 Å². The summed E-state index contributed by atoms with van der Waals surface area (Å²) in [6.45, 7) is 2.39. The molecule has 1 aromatic rings. The van der Waals surface area contributed by atoms with E-state index in [-0.39, 0.29) is 11.9 Å². The molecule has 2 N–H and O–H groups in total. The number of methoxy groups -OCH3 is 1. The molecule has 0 aromatic heterocycles. The van der Waals surface area contributed by atoms with Gasteiger partial charge < -0.3 is 15.2 Å². The number of benzene rings is 1. The van der Waals surface area contributed by atoms with Gasteiger partial charge in [0.1, 0.15) is 11.6 Å². The summed E-state index contributed by atoms with van der Waals surface area (Å²) in [5.41, 5.74) is -0.0583. The van der Waals surface area contributed by atoms with Crippen molar-refractivity contribution >= 4 is 11.8 Å². The second-order valence-electron chi connectivity index (χ2n) is 5.02. The monoisotopic (exact) mass is 285 g/mol. The van der Waals surface area contributed by atoms with Crippen molar-refractivity contribution in [3.05, 3.63) is 29.6 Å². The number of hydrogen-bond donors (Lipinski definition) is 2. The minimum absolute atomic E-state index is 0.138. The number of ether oxygens (including phenoxy) is 1. The molecule has 2 atom stereocenters. The Morgan fingerprint density at radius 3 is 2.95 bits per heavy atom. The predicted octanol–water partition coefficient (Wildman–Crippen LogP) is 2.35. The molecule has 0 spiro atoms. The van der Waals surface area contributed by atoms with Crippen LogP contribution in [0.3, 0.4) is 0 Å². The number of halogens is 1. The van der Waals surface area contributed by atoms with E-state index in [9.17, 15) is 9.50 Å². The van der Waals surface area contributed by atoms with Crippen molar-refractivity contribution in [2.75, 3.05) is 25.2 Å². The first kappa shape index (κ1) is 14.6. The average Bonchev–Trinajstić information content (AvgIpc) is 2.83. The van der Waals surface area contributed by atoms with Crippen LogP contribution < -0.4 is 10.1 Å². The highest BCUT2D eigenvalue weighted by molar-refractivity contribution is 7.99. The van der Waals surface area contributed by atoms with E-state index in [0.29, 0.717) is 17.9 Å². The maximum absolute atomic E-state index is 13.9. The van der Waals surface area contributed by atoms with Gasteiger partial charge in [0.2, 0.25) is 0 Å². The lowest BCUT2D eigenvalue weighted by atomic mass is 10.0. The van der Waals surface area contributed by atoms with E-state index in [1.165, 1.54) is 13.2 Å². The zero-order valence-electron chi connectivity index (χ0n) is 11.3. The lowest BCUT2D eigenvalue weighted by molar-refractivity contribution is 0.0650. The molecule has 2 unspecified atom stereocenters. The molecule has 1 heterocycles. The molecule has 1 aliphatic heterocycles. The van der Waals surface area contributed by atoms with Crippen LogP contribution in [0.2, 0.25) is 0 Å². The smallest absolute Gasteiger partial charge is 0.131 e. The van der Waals surface area contributed by atoms with Crippen molar-refractivity contribution in [1.29, 1.82) is 0 Å². The van der Waals surface area contributed by atoms with Gasteiger partial charge in [0.25, 0.3) is 0 Å². The highest BCUT2D eigenvalue weighted by Crippen LogP contribution is 2.28. The average molecular weight is 285 g/mol. The zero-order valence-corrected chi connectivity index (χ0v) is 12.1. The third-order valence-electron chi connectivity index (χ3n) is 3.49. The van der Waals surface area contributed by atoms with Gasteiger partial charge >= 0.3 is 0 Å². The Balaban J connectivity index is 1.97. The minimum atomic E-state index is -0.651. The standard InChI is InChI=1S/C14H20FNO2S/c1-10(16-8-14(17)5-6-19-9-14)12-4-3-11(18-2)7-13(12)15/h3-4,7,10,16-17H,5-6,8-9H2,1-2H3. The molecule has 0 amide bonds. The van der Waals surface area contributed by atoms with Crippen LogP contribution in [0.5, 0.6) is 5.75 Å². The molecule has 3 nitrogen and oxygen atoms in total. The minimum Gasteiger partial charge on any atom is -0.497 e. The summed E-state index contributed by atoms with van der Waals surface area (Å²) < 4.78 is 18.9. The van der Waals surface area contributed by atoms with Gasteiger partial charge in [0, 0.05) is 30.0 Å². The van der Waals surface area contributed by atoms with Crippen molar-refractivity contribution in [2.24, 2.45) is 0 Å². The normalized spacial score (nSPS) is 24.4. The molecule has 0 saturated carbocycles. The van der Waals surface area contributed by atoms with Crippen molar-refractivity contribution in [3.8, 4) is 5.75 Å². The summed E-state index contributed by atoms with van der Waals surface area (Å²) in [6.07, 6.45) is 0.794. The molecular formula is C14H20FNO2S. The number of rotatable bonds is 5. The molecule has 0 aliphatic carbocycles. The summed E-state index contributed by atoms with van der Waals surface area (Å²) in [4.78, 5) is 0. The summed E-state index contributed by atoms with van der Waals surface area (Å²) in [7, 11) is 1.52. The van der Waals surface area contributed by atoms with Crippen LogP contribution in [0.1, 0.15) is 24.9 Å². The topological polar surface area (TPSA) is 41.5 Å². The summed E-state index contributed by atoms with van der Waals surface area (Å²) in [5, 5.41) is 13.5. The van der Waals surface area contributed by atoms with Crippen molar-refractivity contribution in [3.63, 3.8) is 0 Å². The highest BCUT2D eigenvalue weighted by Gasteiger charge is 2.31. The van der Waals surface area contributed by atoms with Crippen LogP contribution in [0.4, 0.5) is 4.39 Å². The fourth-order valence-electron chi connectivity index (χ4n) is 2.17. The van der Waals surface area contributed by atoms with E-state index < -0.39 is 5.60 Å². The lowest BCUT2D eigenvalue weighted by Crippen LogP contribution is -2.41. The molecule has 0 bridgehead atoms.